The largest absolute Gasteiger partial charge is 0.394 e. The number of benzene rings is 1. The van der Waals surface area contributed by atoms with E-state index in [4.69, 9.17) is 0 Å². The molecule has 6 nitrogen and oxygen atoms in total. The zero-order chi connectivity index (χ0) is 23.9. The highest BCUT2D eigenvalue weighted by Gasteiger charge is 2.28. The van der Waals surface area contributed by atoms with Crippen LogP contribution >= 0.6 is 0 Å². The number of aromatic nitrogens is 4. The van der Waals surface area contributed by atoms with Crippen molar-refractivity contribution >= 4 is 27.8 Å². The van der Waals surface area contributed by atoms with E-state index in [1.165, 1.54) is 40.1 Å². The number of rotatable bonds is 5. The quantitative estimate of drug-likeness (QED) is 0.416. The van der Waals surface area contributed by atoms with Gasteiger partial charge in [-0.15, -0.1) is 0 Å². The Hall–Kier alpha value is -3.20. The first-order chi connectivity index (χ1) is 16.2. The van der Waals surface area contributed by atoms with E-state index in [1.807, 2.05) is 0 Å². The van der Waals surface area contributed by atoms with Crippen molar-refractivity contribution in [3.63, 3.8) is 0 Å². The van der Waals surface area contributed by atoms with Gasteiger partial charge < -0.3 is 10.3 Å². The van der Waals surface area contributed by atoms with Gasteiger partial charge in [0.2, 0.25) is 0 Å². The van der Waals surface area contributed by atoms with E-state index in [0.717, 1.165) is 32.5 Å². The lowest BCUT2D eigenvalue weighted by atomic mass is 10.0. The summed E-state index contributed by atoms with van der Waals surface area (Å²) in [5.74, 6) is 0.624. The van der Waals surface area contributed by atoms with Gasteiger partial charge in [-0.2, -0.15) is 13.2 Å². The van der Waals surface area contributed by atoms with Crippen LogP contribution in [0, 0.1) is 13.8 Å². The maximum absolute atomic E-state index is 12.7. The maximum atomic E-state index is 12.7. The molecular formula is C25H27F3N6. The van der Waals surface area contributed by atoms with E-state index in [9.17, 15) is 13.2 Å². The number of alkyl halides is 3. The van der Waals surface area contributed by atoms with Crippen LogP contribution in [-0.2, 0) is 13.0 Å². The number of nitrogens with one attached hydrogen (secondary N) is 2. The van der Waals surface area contributed by atoms with Crippen molar-refractivity contribution in [2.24, 2.45) is 0 Å². The van der Waals surface area contributed by atoms with E-state index in [1.54, 1.807) is 6.07 Å². The van der Waals surface area contributed by atoms with Gasteiger partial charge >= 0.3 is 6.18 Å². The molecule has 3 aromatic heterocycles. The highest BCUT2D eigenvalue weighted by atomic mass is 19.4. The van der Waals surface area contributed by atoms with E-state index >= 15 is 0 Å². The third-order valence-electron chi connectivity index (χ3n) is 6.58. The molecule has 0 bridgehead atoms. The SMILES string of the molecule is Cc1cc2c(C)c(CN3CCC(Nc4ncnc5nc(CC(F)(F)F)ccc45)CC3)ccc2[nH]1. The van der Waals surface area contributed by atoms with Gasteiger partial charge in [-0.25, -0.2) is 15.0 Å². The third-order valence-corrected chi connectivity index (χ3v) is 6.58. The second-order valence-corrected chi connectivity index (χ2v) is 9.15. The van der Waals surface area contributed by atoms with Gasteiger partial charge in [0.15, 0.2) is 5.65 Å². The van der Waals surface area contributed by atoms with Gasteiger partial charge in [-0.05, 0) is 62.1 Å². The van der Waals surface area contributed by atoms with E-state index in [0.29, 0.717) is 11.2 Å². The van der Waals surface area contributed by atoms with Crippen molar-refractivity contribution in [1.82, 2.24) is 24.8 Å². The highest BCUT2D eigenvalue weighted by molar-refractivity contribution is 5.86. The lowest BCUT2D eigenvalue weighted by molar-refractivity contribution is -0.127. The minimum atomic E-state index is -4.30. The molecule has 1 saturated heterocycles. The molecule has 0 saturated carbocycles. The summed E-state index contributed by atoms with van der Waals surface area (Å²) in [5, 5.41) is 5.40. The fraction of sp³-hybridized carbons (Fsp3) is 0.400. The Labute approximate surface area is 195 Å². The van der Waals surface area contributed by atoms with E-state index in [2.05, 4.69) is 62.2 Å². The predicted molar refractivity (Wildman–Crippen MR) is 127 cm³/mol. The molecule has 0 aliphatic carbocycles. The summed E-state index contributed by atoms with van der Waals surface area (Å²) in [6, 6.07) is 9.84. The molecule has 0 amide bonds. The molecule has 1 fully saturated rings. The first kappa shape index (κ1) is 22.6. The number of halogens is 3. The number of hydrogen-bond donors (Lipinski definition) is 2. The first-order valence-electron chi connectivity index (χ1n) is 11.5. The van der Waals surface area contributed by atoms with Crippen molar-refractivity contribution in [2.75, 3.05) is 18.4 Å². The van der Waals surface area contributed by atoms with Crippen LogP contribution in [0.1, 0.15) is 35.4 Å². The van der Waals surface area contributed by atoms with Crippen molar-refractivity contribution in [2.45, 2.75) is 51.9 Å². The molecule has 1 aliphatic rings. The molecule has 0 radical (unpaired) electrons. The number of likely N-dealkylation sites (tertiary alicyclic amines) is 1. The Morgan fingerprint density at radius 2 is 1.85 bits per heavy atom. The molecule has 178 valence electrons. The van der Waals surface area contributed by atoms with Crippen molar-refractivity contribution < 1.29 is 13.2 Å². The number of fused-ring (bicyclic) bond motifs is 2. The van der Waals surface area contributed by atoms with Crippen LogP contribution in [0.4, 0.5) is 19.0 Å². The van der Waals surface area contributed by atoms with Crippen LogP contribution in [0.25, 0.3) is 21.9 Å². The first-order valence-corrected chi connectivity index (χ1v) is 11.5. The molecule has 2 N–H and O–H groups in total. The smallest absolute Gasteiger partial charge is 0.367 e. The molecule has 5 rings (SSSR count). The van der Waals surface area contributed by atoms with E-state index < -0.39 is 12.6 Å². The average molecular weight is 469 g/mol. The van der Waals surface area contributed by atoms with E-state index in [-0.39, 0.29) is 17.4 Å². The summed E-state index contributed by atoms with van der Waals surface area (Å²) in [4.78, 5) is 18.4. The molecule has 34 heavy (non-hydrogen) atoms. The van der Waals surface area contributed by atoms with Crippen LogP contribution in [0.2, 0.25) is 0 Å². The van der Waals surface area contributed by atoms with Gasteiger partial charge in [0.1, 0.15) is 12.1 Å². The number of piperidine rings is 1. The lowest BCUT2D eigenvalue weighted by Crippen LogP contribution is -2.39. The molecule has 1 aliphatic heterocycles. The fourth-order valence-corrected chi connectivity index (χ4v) is 4.78. The van der Waals surface area contributed by atoms with Crippen molar-refractivity contribution in [3.8, 4) is 0 Å². The van der Waals surface area contributed by atoms with Gasteiger partial charge in [-0.1, -0.05) is 6.07 Å². The Morgan fingerprint density at radius 1 is 1.06 bits per heavy atom. The van der Waals surface area contributed by atoms with Crippen LogP contribution in [0.15, 0.2) is 36.7 Å². The Kier molecular flexibility index (Phi) is 5.89. The number of aromatic amines is 1. The monoisotopic (exact) mass is 468 g/mol. The van der Waals surface area contributed by atoms with Gasteiger partial charge in [0, 0.05) is 42.3 Å². The average Bonchev–Trinajstić information content (AvgIpc) is 3.17. The summed E-state index contributed by atoms with van der Waals surface area (Å²) < 4.78 is 38.1. The Bertz CT molecular complexity index is 1320. The van der Waals surface area contributed by atoms with Crippen LogP contribution in [0.5, 0.6) is 0 Å². The second kappa shape index (κ2) is 8.87. The van der Waals surface area contributed by atoms with Crippen LogP contribution in [0.3, 0.4) is 0 Å². The minimum absolute atomic E-state index is 0.0405. The Balaban J connectivity index is 1.23. The Morgan fingerprint density at radius 3 is 2.62 bits per heavy atom. The van der Waals surface area contributed by atoms with Gasteiger partial charge in [-0.3, -0.25) is 4.90 Å². The fourth-order valence-electron chi connectivity index (χ4n) is 4.78. The topological polar surface area (TPSA) is 69.7 Å². The second-order valence-electron chi connectivity index (χ2n) is 9.15. The number of nitrogens with zero attached hydrogens (tertiary/aromatic N) is 4. The standard InChI is InChI=1S/C25H27F3N6/c1-15-11-21-16(2)17(3-6-22(21)31-15)13-34-9-7-18(8-10-34)32-23-20-5-4-19(12-25(26,27)28)33-24(20)30-14-29-23/h3-6,11,14,18,31H,7-10,12-13H2,1-2H3,(H,29,30,32,33). The summed E-state index contributed by atoms with van der Waals surface area (Å²) in [6.07, 6.45) is -2.10. The lowest BCUT2D eigenvalue weighted by Gasteiger charge is -2.33. The van der Waals surface area contributed by atoms with Crippen molar-refractivity contribution in [1.29, 1.82) is 0 Å². The molecule has 9 heteroatoms. The number of H-pyrrole nitrogens is 1. The molecule has 1 aromatic carbocycles. The molecule has 4 heterocycles. The summed E-state index contributed by atoms with van der Waals surface area (Å²) in [6.45, 7) is 7.10. The maximum Gasteiger partial charge on any atom is 0.394 e. The highest BCUT2D eigenvalue weighted by Crippen LogP contribution is 2.27. The molecule has 0 atom stereocenters. The predicted octanol–water partition coefficient (Wildman–Crippen LogP) is 5.30. The number of pyridine rings is 1. The van der Waals surface area contributed by atoms with Crippen LogP contribution < -0.4 is 5.32 Å². The summed E-state index contributed by atoms with van der Waals surface area (Å²) in [7, 11) is 0. The number of hydrogen-bond acceptors (Lipinski definition) is 5. The number of anilines is 1. The van der Waals surface area contributed by atoms with Crippen molar-refractivity contribution in [3.05, 3.63) is 59.2 Å². The molecule has 0 unspecified atom stereocenters. The molecule has 4 aromatic rings. The zero-order valence-corrected chi connectivity index (χ0v) is 19.2. The zero-order valence-electron chi connectivity index (χ0n) is 19.2. The molecular weight excluding hydrogens is 441 g/mol. The molecule has 0 spiro atoms. The normalized spacial score (nSPS) is 15.9. The van der Waals surface area contributed by atoms with Gasteiger partial charge in [0.25, 0.3) is 0 Å². The van der Waals surface area contributed by atoms with Gasteiger partial charge in [0.05, 0.1) is 17.5 Å². The number of aryl methyl sites for hydroxylation is 2. The summed E-state index contributed by atoms with van der Waals surface area (Å²) >= 11 is 0. The third kappa shape index (κ3) is 4.84. The summed E-state index contributed by atoms with van der Waals surface area (Å²) in [5.41, 5.74) is 5.26. The van der Waals surface area contributed by atoms with Crippen LogP contribution in [-0.4, -0.2) is 50.1 Å². The minimum Gasteiger partial charge on any atom is -0.367 e.